The Morgan fingerprint density at radius 3 is 2.15 bits per heavy atom. The lowest BCUT2D eigenvalue weighted by atomic mass is 9.87. The van der Waals surface area contributed by atoms with E-state index in [0.717, 1.165) is 5.56 Å². The molecular weight excluding hydrogens is 452 g/mol. The van der Waals surface area contributed by atoms with Crippen LogP contribution in [-0.2, 0) is 20.2 Å². The highest BCUT2D eigenvalue weighted by Gasteiger charge is 2.36. The summed E-state index contributed by atoms with van der Waals surface area (Å²) in [5, 5.41) is 2.89. The Labute approximate surface area is 205 Å². The molecule has 0 aromatic heterocycles. The van der Waals surface area contributed by atoms with Gasteiger partial charge in [-0.2, -0.15) is 4.72 Å². The van der Waals surface area contributed by atoms with Crippen molar-refractivity contribution in [2.24, 2.45) is 5.92 Å². The van der Waals surface area contributed by atoms with Gasteiger partial charge < -0.3 is 15.1 Å². The third-order valence-electron chi connectivity index (χ3n) is 6.40. The van der Waals surface area contributed by atoms with E-state index in [4.69, 9.17) is 0 Å². The topological polar surface area (TPSA) is 98.8 Å². The molecule has 1 aliphatic heterocycles. The fourth-order valence-electron chi connectivity index (χ4n) is 4.00. The maximum absolute atomic E-state index is 13.5. The van der Waals surface area contributed by atoms with Crippen molar-refractivity contribution < 1.29 is 18.0 Å². The molecule has 8 nitrogen and oxygen atoms in total. The number of benzene rings is 1. The number of sulfonamides is 1. The van der Waals surface area contributed by atoms with Gasteiger partial charge in [-0.3, -0.25) is 4.79 Å². The molecule has 0 saturated carbocycles. The maximum atomic E-state index is 13.5. The predicted octanol–water partition coefficient (Wildman–Crippen LogP) is 3.33. The van der Waals surface area contributed by atoms with Crippen molar-refractivity contribution in [2.45, 2.75) is 90.2 Å². The van der Waals surface area contributed by atoms with Crippen molar-refractivity contribution in [2.75, 3.05) is 19.6 Å². The smallest absolute Gasteiger partial charge is 0.317 e. The average Bonchev–Trinajstić information content (AvgIpc) is 2.75. The van der Waals surface area contributed by atoms with E-state index in [1.807, 2.05) is 46.8 Å². The summed E-state index contributed by atoms with van der Waals surface area (Å²) in [4.78, 5) is 29.4. The molecule has 1 saturated heterocycles. The molecule has 3 unspecified atom stereocenters. The number of urea groups is 1. The van der Waals surface area contributed by atoms with Crippen LogP contribution in [0.4, 0.5) is 4.79 Å². The van der Waals surface area contributed by atoms with Crippen LogP contribution in [-0.4, -0.2) is 67.9 Å². The Bertz CT molecular complexity index is 954. The van der Waals surface area contributed by atoms with Gasteiger partial charge in [-0.1, -0.05) is 53.2 Å². The number of piperazine rings is 1. The molecule has 0 bridgehead atoms. The first-order valence-electron chi connectivity index (χ1n) is 12.2. The second-order valence-corrected chi connectivity index (χ2v) is 12.4. The molecule has 1 aliphatic rings. The fourth-order valence-corrected chi connectivity index (χ4v) is 5.30. The van der Waals surface area contributed by atoms with Gasteiger partial charge in [0.15, 0.2) is 0 Å². The lowest BCUT2D eigenvalue weighted by Gasteiger charge is -2.41. The fraction of sp³-hybridized carbons (Fsp3) is 0.680. The van der Waals surface area contributed by atoms with Crippen LogP contribution in [0.2, 0.25) is 0 Å². The molecule has 2 rings (SSSR count). The zero-order valence-corrected chi connectivity index (χ0v) is 22.7. The first-order chi connectivity index (χ1) is 15.7. The number of hydrogen-bond acceptors (Lipinski definition) is 4. The van der Waals surface area contributed by atoms with Gasteiger partial charge in [-0.05, 0) is 49.8 Å². The minimum absolute atomic E-state index is 0.0287. The molecule has 9 heteroatoms. The van der Waals surface area contributed by atoms with Gasteiger partial charge in [0.2, 0.25) is 15.9 Å². The minimum Gasteiger partial charge on any atom is -0.337 e. The predicted molar refractivity (Wildman–Crippen MR) is 135 cm³/mol. The second kappa shape index (κ2) is 11.1. The van der Waals surface area contributed by atoms with E-state index in [2.05, 4.69) is 30.8 Å². The van der Waals surface area contributed by atoms with Crippen molar-refractivity contribution in [3.8, 4) is 0 Å². The highest BCUT2D eigenvalue weighted by Crippen LogP contribution is 2.24. The Morgan fingerprint density at radius 1 is 1.09 bits per heavy atom. The summed E-state index contributed by atoms with van der Waals surface area (Å²) >= 11 is 0. The van der Waals surface area contributed by atoms with Crippen LogP contribution in [0.25, 0.3) is 0 Å². The molecule has 3 amide bonds. The van der Waals surface area contributed by atoms with Crippen LogP contribution in [0.3, 0.4) is 0 Å². The highest BCUT2D eigenvalue weighted by molar-refractivity contribution is 7.89. The molecule has 0 radical (unpaired) electrons. The average molecular weight is 495 g/mol. The normalized spacial score (nSPS) is 19.1. The Balaban J connectivity index is 2.18. The summed E-state index contributed by atoms with van der Waals surface area (Å²) in [7, 11) is -3.88. The lowest BCUT2D eigenvalue weighted by Crippen LogP contribution is -2.61. The van der Waals surface area contributed by atoms with Crippen LogP contribution in [0.5, 0.6) is 0 Å². The molecule has 2 N–H and O–H groups in total. The number of rotatable bonds is 7. The van der Waals surface area contributed by atoms with Gasteiger partial charge in [0.25, 0.3) is 0 Å². The summed E-state index contributed by atoms with van der Waals surface area (Å²) in [6, 6.07) is 5.66. The zero-order valence-electron chi connectivity index (χ0n) is 21.9. The minimum atomic E-state index is -3.88. The number of carbonyl (C=O) groups is 2. The molecule has 1 fully saturated rings. The summed E-state index contributed by atoms with van der Waals surface area (Å²) in [5.74, 6) is -0.436. The van der Waals surface area contributed by atoms with Crippen molar-refractivity contribution >= 4 is 22.0 Å². The molecule has 3 atom stereocenters. The summed E-state index contributed by atoms with van der Waals surface area (Å²) < 4.78 is 29.0. The molecule has 1 aromatic carbocycles. The number of amides is 3. The number of carbonyl (C=O) groups excluding carboxylic acids is 2. The van der Waals surface area contributed by atoms with E-state index in [0.29, 0.717) is 26.1 Å². The van der Waals surface area contributed by atoms with Gasteiger partial charge >= 0.3 is 6.03 Å². The quantitative estimate of drug-likeness (QED) is 0.607. The Morgan fingerprint density at radius 2 is 1.68 bits per heavy atom. The van der Waals surface area contributed by atoms with E-state index < -0.39 is 16.1 Å². The largest absolute Gasteiger partial charge is 0.337 e. The SMILES string of the molecule is CCC(C)C(NS(=O)(=O)c1ccc(C(C)(C)C)cc1)C(=O)N1CCN(C(=O)NC(C)C)C(C)C1. The van der Waals surface area contributed by atoms with Gasteiger partial charge in [0.1, 0.15) is 6.04 Å². The van der Waals surface area contributed by atoms with Crippen molar-refractivity contribution in [3.05, 3.63) is 29.8 Å². The highest BCUT2D eigenvalue weighted by atomic mass is 32.2. The summed E-state index contributed by atoms with van der Waals surface area (Å²) in [5.41, 5.74) is 0.949. The maximum Gasteiger partial charge on any atom is 0.317 e. The van der Waals surface area contributed by atoms with Crippen LogP contribution >= 0.6 is 0 Å². The van der Waals surface area contributed by atoms with Gasteiger partial charge in [-0.15, -0.1) is 0 Å². The van der Waals surface area contributed by atoms with E-state index in [9.17, 15) is 18.0 Å². The lowest BCUT2D eigenvalue weighted by molar-refractivity contribution is -0.136. The van der Waals surface area contributed by atoms with Gasteiger partial charge in [-0.25, -0.2) is 13.2 Å². The van der Waals surface area contributed by atoms with E-state index in [-0.39, 0.29) is 40.3 Å². The van der Waals surface area contributed by atoms with E-state index >= 15 is 0 Å². The molecular formula is C25H42N4O4S. The molecule has 1 aromatic rings. The number of hydrogen-bond donors (Lipinski definition) is 2. The summed E-state index contributed by atoms with van der Waals surface area (Å²) in [6.45, 7) is 16.9. The molecule has 0 aliphatic carbocycles. The number of nitrogens with one attached hydrogen (secondary N) is 2. The molecule has 34 heavy (non-hydrogen) atoms. The van der Waals surface area contributed by atoms with E-state index in [1.54, 1.807) is 21.9 Å². The Hall–Kier alpha value is -2.13. The third kappa shape index (κ3) is 6.95. The van der Waals surface area contributed by atoms with Gasteiger partial charge in [0, 0.05) is 31.7 Å². The molecule has 192 valence electrons. The monoisotopic (exact) mass is 494 g/mol. The van der Waals surface area contributed by atoms with Gasteiger partial charge in [0.05, 0.1) is 4.90 Å². The van der Waals surface area contributed by atoms with Crippen molar-refractivity contribution in [1.29, 1.82) is 0 Å². The van der Waals surface area contributed by atoms with Crippen molar-refractivity contribution in [3.63, 3.8) is 0 Å². The second-order valence-electron chi connectivity index (χ2n) is 10.7. The molecule has 0 spiro atoms. The zero-order chi connectivity index (χ0) is 25.8. The summed E-state index contributed by atoms with van der Waals surface area (Å²) in [6.07, 6.45) is 0.647. The molecule has 1 heterocycles. The van der Waals surface area contributed by atoms with E-state index in [1.165, 1.54) is 0 Å². The Kier molecular flexibility index (Phi) is 9.16. The number of nitrogens with zero attached hydrogens (tertiary/aromatic N) is 2. The first-order valence-corrected chi connectivity index (χ1v) is 13.6. The van der Waals surface area contributed by atoms with Crippen LogP contribution in [0, 0.1) is 5.92 Å². The first kappa shape index (κ1) is 28.1. The van der Waals surface area contributed by atoms with Crippen LogP contribution in [0.15, 0.2) is 29.2 Å². The van der Waals surface area contributed by atoms with Crippen LogP contribution in [0.1, 0.15) is 67.4 Å². The van der Waals surface area contributed by atoms with Crippen molar-refractivity contribution in [1.82, 2.24) is 19.8 Å². The third-order valence-corrected chi connectivity index (χ3v) is 7.86. The van der Waals surface area contributed by atoms with Crippen LogP contribution < -0.4 is 10.0 Å². The standard InChI is InChI=1S/C25H42N4O4S/c1-9-18(4)22(27-34(32,33)21-12-10-20(11-13-21)25(6,7)8)23(30)28-14-15-29(19(5)16-28)24(31)26-17(2)3/h10-13,17-19,22,27H,9,14-16H2,1-8H3,(H,26,31).